The highest BCUT2D eigenvalue weighted by molar-refractivity contribution is 5.57. The minimum absolute atomic E-state index is 0.745. The molecule has 0 saturated carbocycles. The molecule has 0 radical (unpaired) electrons. The molecule has 0 aliphatic carbocycles. The van der Waals surface area contributed by atoms with Gasteiger partial charge in [0.2, 0.25) is 0 Å². The van der Waals surface area contributed by atoms with Crippen molar-refractivity contribution in [2.45, 2.75) is 26.3 Å². The van der Waals surface area contributed by atoms with Crippen molar-refractivity contribution in [1.82, 2.24) is 10.5 Å². The average molecular weight is 274 g/mol. The number of hydrogen-bond acceptors (Lipinski definition) is 4. The molecule has 1 N–H and O–H groups in total. The van der Waals surface area contributed by atoms with Gasteiger partial charge in [0, 0.05) is 25.3 Å². The molecule has 4 heteroatoms. The maximum absolute atomic E-state index is 5.39. The Hall–Kier alpha value is -1.65. The third-order valence-corrected chi connectivity index (χ3v) is 3.13. The van der Waals surface area contributed by atoms with Crippen LogP contribution < -0.4 is 5.32 Å². The summed E-state index contributed by atoms with van der Waals surface area (Å²) in [5, 5.41) is 7.39. The minimum Gasteiger partial charge on any atom is -0.384 e. The van der Waals surface area contributed by atoms with Gasteiger partial charge in [0.05, 0.1) is 12.3 Å². The maximum atomic E-state index is 5.39. The van der Waals surface area contributed by atoms with Crippen LogP contribution in [0.1, 0.15) is 24.6 Å². The molecule has 108 valence electrons. The Kier molecular flexibility index (Phi) is 5.77. The Morgan fingerprint density at radius 3 is 2.75 bits per heavy atom. The zero-order valence-corrected chi connectivity index (χ0v) is 12.2. The fourth-order valence-electron chi connectivity index (χ4n) is 1.98. The van der Waals surface area contributed by atoms with Gasteiger partial charge in [0.1, 0.15) is 0 Å². The molecule has 2 aromatic rings. The summed E-state index contributed by atoms with van der Waals surface area (Å²) in [6.45, 7) is 4.64. The number of benzene rings is 1. The first-order chi connectivity index (χ1) is 9.83. The zero-order valence-electron chi connectivity index (χ0n) is 12.2. The molecule has 4 nitrogen and oxygen atoms in total. The van der Waals surface area contributed by atoms with Gasteiger partial charge in [-0.2, -0.15) is 0 Å². The van der Waals surface area contributed by atoms with Crippen molar-refractivity contribution in [3.63, 3.8) is 0 Å². The molecule has 0 amide bonds. The molecule has 0 fully saturated rings. The van der Waals surface area contributed by atoms with E-state index in [0.29, 0.717) is 0 Å². The highest BCUT2D eigenvalue weighted by Gasteiger charge is 2.06. The van der Waals surface area contributed by atoms with Crippen LogP contribution in [0.25, 0.3) is 11.3 Å². The van der Waals surface area contributed by atoms with E-state index in [2.05, 4.69) is 41.7 Å². The van der Waals surface area contributed by atoms with E-state index in [1.54, 1.807) is 7.11 Å². The summed E-state index contributed by atoms with van der Waals surface area (Å²) < 4.78 is 10.5. The molecule has 1 heterocycles. The predicted molar refractivity (Wildman–Crippen MR) is 79.5 cm³/mol. The molecule has 0 spiro atoms. The van der Waals surface area contributed by atoms with Gasteiger partial charge >= 0.3 is 0 Å². The number of rotatable bonds is 8. The molecule has 0 saturated heterocycles. The number of nitrogens with zero attached hydrogens (tertiary/aromatic N) is 1. The van der Waals surface area contributed by atoms with Crippen molar-refractivity contribution < 1.29 is 9.26 Å². The van der Waals surface area contributed by atoms with E-state index in [0.717, 1.165) is 49.6 Å². The lowest BCUT2D eigenvalue weighted by Gasteiger charge is -2.01. The normalized spacial score (nSPS) is 10.9. The van der Waals surface area contributed by atoms with Crippen molar-refractivity contribution in [2.24, 2.45) is 0 Å². The van der Waals surface area contributed by atoms with Crippen LogP contribution in [0.3, 0.4) is 0 Å². The van der Waals surface area contributed by atoms with Gasteiger partial charge in [-0.1, -0.05) is 36.3 Å². The number of methoxy groups -OCH3 is 1. The smallest absolute Gasteiger partial charge is 0.167 e. The Bertz CT molecular complexity index is 505. The van der Waals surface area contributed by atoms with Crippen LogP contribution in [-0.4, -0.2) is 25.4 Å². The van der Waals surface area contributed by atoms with Crippen LogP contribution in [0, 0.1) is 0 Å². The maximum Gasteiger partial charge on any atom is 0.167 e. The van der Waals surface area contributed by atoms with E-state index in [9.17, 15) is 0 Å². The van der Waals surface area contributed by atoms with Crippen LogP contribution in [-0.2, 0) is 17.7 Å². The Balaban J connectivity index is 1.97. The predicted octanol–water partition coefficient (Wildman–Crippen LogP) is 3.03. The summed E-state index contributed by atoms with van der Waals surface area (Å²) in [7, 11) is 1.72. The molecule has 20 heavy (non-hydrogen) atoms. The second kappa shape index (κ2) is 7.82. The first-order valence-electron chi connectivity index (χ1n) is 7.08. The summed E-state index contributed by atoms with van der Waals surface area (Å²) in [5.41, 5.74) is 3.26. The average Bonchev–Trinajstić information content (AvgIpc) is 2.95. The van der Waals surface area contributed by atoms with Crippen LogP contribution >= 0.6 is 0 Å². The first-order valence-corrected chi connectivity index (χ1v) is 7.08. The minimum atomic E-state index is 0.745. The van der Waals surface area contributed by atoms with E-state index in [4.69, 9.17) is 9.26 Å². The monoisotopic (exact) mass is 274 g/mol. The van der Waals surface area contributed by atoms with Crippen molar-refractivity contribution >= 4 is 0 Å². The summed E-state index contributed by atoms with van der Waals surface area (Å²) in [6.07, 6.45) is 2.05. The summed E-state index contributed by atoms with van der Waals surface area (Å²) in [5.74, 6) is 0.816. The van der Waals surface area contributed by atoms with Crippen molar-refractivity contribution in [1.29, 1.82) is 0 Å². The van der Waals surface area contributed by atoms with E-state index in [-0.39, 0.29) is 0 Å². The van der Waals surface area contributed by atoms with Gasteiger partial charge in [-0.3, -0.25) is 0 Å². The van der Waals surface area contributed by atoms with Crippen molar-refractivity contribution in [2.75, 3.05) is 20.3 Å². The summed E-state index contributed by atoms with van der Waals surface area (Å²) >= 11 is 0. The lowest BCUT2D eigenvalue weighted by Crippen LogP contribution is -2.13. The second-order valence-corrected chi connectivity index (χ2v) is 4.80. The lowest BCUT2D eigenvalue weighted by atomic mass is 10.1. The van der Waals surface area contributed by atoms with Gasteiger partial charge in [0.15, 0.2) is 5.76 Å². The summed E-state index contributed by atoms with van der Waals surface area (Å²) in [4.78, 5) is 0. The van der Waals surface area contributed by atoms with Crippen LogP contribution in [0.15, 0.2) is 34.9 Å². The molecule has 0 bridgehead atoms. The molecule has 1 aromatic heterocycles. The lowest BCUT2D eigenvalue weighted by molar-refractivity contribution is 0.202. The van der Waals surface area contributed by atoms with Crippen molar-refractivity contribution in [3.05, 3.63) is 41.6 Å². The second-order valence-electron chi connectivity index (χ2n) is 4.80. The van der Waals surface area contributed by atoms with E-state index in [1.165, 1.54) is 5.56 Å². The third-order valence-electron chi connectivity index (χ3n) is 3.13. The van der Waals surface area contributed by atoms with Crippen LogP contribution in [0.2, 0.25) is 0 Å². The fraction of sp³-hybridized carbons (Fsp3) is 0.438. The van der Waals surface area contributed by atoms with Crippen LogP contribution in [0.4, 0.5) is 0 Å². The molecular weight excluding hydrogens is 252 g/mol. The fourth-order valence-corrected chi connectivity index (χ4v) is 1.98. The van der Waals surface area contributed by atoms with E-state index < -0.39 is 0 Å². The topological polar surface area (TPSA) is 47.3 Å². The van der Waals surface area contributed by atoms with Gasteiger partial charge in [-0.25, -0.2) is 0 Å². The van der Waals surface area contributed by atoms with E-state index >= 15 is 0 Å². The molecule has 1 aromatic carbocycles. The highest BCUT2D eigenvalue weighted by atomic mass is 16.5. The first kappa shape index (κ1) is 14.8. The molecule has 0 unspecified atom stereocenters. The number of aromatic nitrogens is 1. The van der Waals surface area contributed by atoms with Crippen LogP contribution in [0.5, 0.6) is 0 Å². The molecule has 0 aliphatic heterocycles. The van der Waals surface area contributed by atoms with Gasteiger partial charge in [-0.15, -0.1) is 0 Å². The highest BCUT2D eigenvalue weighted by Crippen LogP contribution is 2.21. The Morgan fingerprint density at radius 1 is 1.25 bits per heavy atom. The quantitative estimate of drug-likeness (QED) is 0.752. The molecule has 2 rings (SSSR count). The third kappa shape index (κ3) is 4.18. The van der Waals surface area contributed by atoms with Crippen molar-refractivity contribution in [3.8, 4) is 11.3 Å². The SMILES string of the molecule is CCCNCc1cc(-c2ccc(CCOC)cc2)on1. The number of nitrogens with one attached hydrogen (secondary N) is 1. The molecular formula is C16H22N2O2. The molecule has 0 atom stereocenters. The van der Waals surface area contributed by atoms with E-state index in [1.807, 2.05) is 6.07 Å². The number of hydrogen-bond donors (Lipinski definition) is 1. The van der Waals surface area contributed by atoms with Gasteiger partial charge < -0.3 is 14.6 Å². The standard InChI is InChI=1S/C16H22N2O2/c1-3-9-17-12-15-11-16(20-18-15)14-6-4-13(5-7-14)8-10-19-2/h4-7,11,17H,3,8-10,12H2,1-2H3. The van der Waals surface area contributed by atoms with Gasteiger partial charge in [-0.05, 0) is 24.9 Å². The zero-order chi connectivity index (χ0) is 14.2. The number of ether oxygens (including phenoxy) is 1. The summed E-state index contributed by atoms with van der Waals surface area (Å²) in [6, 6.07) is 10.3. The van der Waals surface area contributed by atoms with Gasteiger partial charge in [0.25, 0.3) is 0 Å². The Morgan fingerprint density at radius 2 is 2.05 bits per heavy atom. The largest absolute Gasteiger partial charge is 0.384 e. The Labute approximate surface area is 120 Å². The molecule has 0 aliphatic rings.